The Morgan fingerprint density at radius 2 is 2.22 bits per heavy atom. The van der Waals surface area contributed by atoms with Crippen molar-refractivity contribution in [3.63, 3.8) is 0 Å². The number of hydrogen-bond donors (Lipinski definition) is 0. The largest absolute Gasteiger partial charge is 0.444 e. The molecule has 1 saturated heterocycles. The second-order valence-corrected chi connectivity index (χ2v) is 5.87. The molecular formula is C13H21N3O2. The molecule has 1 aromatic heterocycles. The van der Waals surface area contributed by atoms with Crippen LogP contribution in [-0.2, 0) is 4.74 Å². The second-order valence-electron chi connectivity index (χ2n) is 5.87. The molecule has 2 heterocycles. The van der Waals surface area contributed by atoms with Crippen molar-refractivity contribution in [1.29, 1.82) is 0 Å². The van der Waals surface area contributed by atoms with E-state index in [9.17, 15) is 4.79 Å². The van der Waals surface area contributed by atoms with E-state index in [1.54, 1.807) is 4.90 Å². The molecule has 0 N–H and O–H groups in total. The number of aryl methyl sites for hydroxylation is 1. The number of carbonyl (C=O) groups excluding carboxylic acids is 1. The van der Waals surface area contributed by atoms with Gasteiger partial charge in [-0.05, 0) is 39.7 Å². The van der Waals surface area contributed by atoms with Crippen LogP contribution in [0.5, 0.6) is 0 Å². The fraction of sp³-hybridized carbons (Fsp3) is 0.692. The molecule has 1 fully saturated rings. The Labute approximate surface area is 108 Å². The Hall–Kier alpha value is -1.52. The molecule has 0 spiro atoms. The summed E-state index contributed by atoms with van der Waals surface area (Å²) >= 11 is 0. The van der Waals surface area contributed by atoms with Gasteiger partial charge in [0, 0.05) is 19.3 Å². The van der Waals surface area contributed by atoms with Gasteiger partial charge in [0.05, 0.1) is 12.2 Å². The van der Waals surface area contributed by atoms with Crippen LogP contribution >= 0.6 is 0 Å². The van der Waals surface area contributed by atoms with Crippen LogP contribution in [0.4, 0.5) is 4.79 Å². The van der Waals surface area contributed by atoms with Crippen molar-refractivity contribution in [1.82, 2.24) is 14.7 Å². The lowest BCUT2D eigenvalue weighted by Crippen LogP contribution is -2.35. The molecule has 1 atom stereocenters. The first-order chi connectivity index (χ1) is 8.35. The zero-order valence-electron chi connectivity index (χ0n) is 11.5. The highest BCUT2D eigenvalue weighted by atomic mass is 16.6. The number of likely N-dealkylation sites (tertiary alicyclic amines) is 1. The molecule has 0 aliphatic carbocycles. The van der Waals surface area contributed by atoms with E-state index < -0.39 is 5.60 Å². The molecule has 1 aliphatic rings. The Balaban J connectivity index is 1.94. The maximum absolute atomic E-state index is 11.9. The third-order valence-electron chi connectivity index (χ3n) is 2.92. The van der Waals surface area contributed by atoms with Crippen LogP contribution in [0.1, 0.15) is 38.8 Å². The van der Waals surface area contributed by atoms with Crippen LogP contribution in [0.25, 0.3) is 0 Å². The summed E-state index contributed by atoms with van der Waals surface area (Å²) in [5.41, 5.74) is 0.711. The van der Waals surface area contributed by atoms with Crippen LogP contribution in [0.2, 0.25) is 0 Å². The summed E-state index contributed by atoms with van der Waals surface area (Å²) in [6.07, 6.45) is 4.56. The fourth-order valence-electron chi connectivity index (χ4n) is 2.08. The Morgan fingerprint density at radius 3 is 2.78 bits per heavy atom. The first-order valence-corrected chi connectivity index (χ1v) is 6.34. The van der Waals surface area contributed by atoms with Crippen molar-refractivity contribution < 1.29 is 9.53 Å². The summed E-state index contributed by atoms with van der Waals surface area (Å²) < 4.78 is 7.31. The summed E-state index contributed by atoms with van der Waals surface area (Å²) in [4.78, 5) is 13.7. The minimum Gasteiger partial charge on any atom is -0.444 e. The van der Waals surface area contributed by atoms with Gasteiger partial charge in [0.25, 0.3) is 0 Å². The lowest BCUT2D eigenvalue weighted by Gasteiger charge is -2.24. The normalized spacial score (nSPS) is 20.2. The zero-order chi connectivity index (χ0) is 13.3. The minimum atomic E-state index is -0.433. The predicted octanol–water partition coefficient (Wildman–Crippen LogP) is 2.37. The topological polar surface area (TPSA) is 47.4 Å². The van der Waals surface area contributed by atoms with Gasteiger partial charge in [-0.25, -0.2) is 4.79 Å². The van der Waals surface area contributed by atoms with E-state index in [1.165, 1.54) is 0 Å². The van der Waals surface area contributed by atoms with Crippen molar-refractivity contribution in [2.24, 2.45) is 0 Å². The highest BCUT2D eigenvalue weighted by Crippen LogP contribution is 2.23. The maximum atomic E-state index is 11.9. The molecule has 5 heteroatoms. The number of aromatic nitrogens is 2. The Bertz CT molecular complexity index is 434. The molecule has 1 aliphatic heterocycles. The van der Waals surface area contributed by atoms with Crippen molar-refractivity contribution in [3.05, 3.63) is 18.0 Å². The molecule has 0 radical (unpaired) electrons. The summed E-state index contributed by atoms with van der Waals surface area (Å²) in [5, 5.41) is 4.30. The number of nitrogens with zero attached hydrogens (tertiary/aromatic N) is 3. The van der Waals surface area contributed by atoms with Gasteiger partial charge in [-0.1, -0.05) is 0 Å². The van der Waals surface area contributed by atoms with Gasteiger partial charge >= 0.3 is 6.09 Å². The lowest BCUT2D eigenvalue weighted by atomic mass is 10.2. The fourth-order valence-corrected chi connectivity index (χ4v) is 2.08. The third-order valence-corrected chi connectivity index (χ3v) is 2.92. The molecule has 0 aromatic carbocycles. The van der Waals surface area contributed by atoms with Gasteiger partial charge in [0.15, 0.2) is 0 Å². The van der Waals surface area contributed by atoms with E-state index in [2.05, 4.69) is 5.10 Å². The van der Waals surface area contributed by atoms with E-state index in [1.807, 2.05) is 44.8 Å². The van der Waals surface area contributed by atoms with E-state index in [0.717, 1.165) is 18.5 Å². The summed E-state index contributed by atoms with van der Waals surface area (Å²) in [7, 11) is 0. The van der Waals surface area contributed by atoms with Crippen molar-refractivity contribution >= 4 is 6.09 Å². The number of carbonyl (C=O) groups is 1. The maximum Gasteiger partial charge on any atom is 0.410 e. The zero-order valence-corrected chi connectivity index (χ0v) is 11.5. The standard InChI is InChI=1S/C13H21N3O2/c1-10-7-14-16(8-10)11-5-6-15(9-11)12(17)18-13(2,3)4/h7-8,11H,5-6,9H2,1-4H3. The lowest BCUT2D eigenvalue weighted by molar-refractivity contribution is 0.0288. The van der Waals surface area contributed by atoms with E-state index >= 15 is 0 Å². The van der Waals surface area contributed by atoms with Gasteiger partial charge in [-0.15, -0.1) is 0 Å². The van der Waals surface area contributed by atoms with Gasteiger partial charge in [0.1, 0.15) is 5.60 Å². The summed E-state index contributed by atoms with van der Waals surface area (Å²) in [6.45, 7) is 9.08. The SMILES string of the molecule is Cc1cnn(C2CCN(C(=O)OC(C)(C)C)C2)c1. The molecule has 0 bridgehead atoms. The van der Waals surface area contributed by atoms with Gasteiger partial charge < -0.3 is 9.64 Å². The van der Waals surface area contributed by atoms with Crippen LogP contribution in [0.15, 0.2) is 12.4 Å². The van der Waals surface area contributed by atoms with E-state index in [4.69, 9.17) is 4.74 Å². The molecule has 1 amide bonds. The molecule has 2 rings (SSSR count). The third kappa shape index (κ3) is 3.03. The van der Waals surface area contributed by atoms with Crippen LogP contribution in [-0.4, -0.2) is 39.5 Å². The summed E-state index contributed by atoms with van der Waals surface area (Å²) in [6, 6.07) is 0.270. The minimum absolute atomic E-state index is 0.228. The van der Waals surface area contributed by atoms with Crippen molar-refractivity contribution in [3.8, 4) is 0 Å². The molecule has 5 nitrogen and oxygen atoms in total. The van der Waals surface area contributed by atoms with Crippen LogP contribution < -0.4 is 0 Å². The Morgan fingerprint density at radius 1 is 1.50 bits per heavy atom. The van der Waals surface area contributed by atoms with Gasteiger partial charge in [-0.3, -0.25) is 4.68 Å². The van der Waals surface area contributed by atoms with Gasteiger partial charge in [-0.2, -0.15) is 5.10 Å². The molecular weight excluding hydrogens is 230 g/mol. The number of hydrogen-bond acceptors (Lipinski definition) is 3. The van der Waals surface area contributed by atoms with E-state index in [0.29, 0.717) is 6.54 Å². The molecule has 1 unspecified atom stereocenters. The predicted molar refractivity (Wildman–Crippen MR) is 68.4 cm³/mol. The molecule has 0 saturated carbocycles. The molecule has 18 heavy (non-hydrogen) atoms. The highest BCUT2D eigenvalue weighted by Gasteiger charge is 2.30. The molecule has 100 valence electrons. The molecule has 1 aromatic rings. The van der Waals surface area contributed by atoms with Crippen LogP contribution in [0.3, 0.4) is 0 Å². The highest BCUT2D eigenvalue weighted by molar-refractivity contribution is 5.68. The number of ether oxygens (including phenoxy) is 1. The van der Waals surface area contributed by atoms with Crippen molar-refractivity contribution in [2.45, 2.75) is 45.8 Å². The van der Waals surface area contributed by atoms with Gasteiger partial charge in [0.2, 0.25) is 0 Å². The second kappa shape index (κ2) is 4.63. The van der Waals surface area contributed by atoms with Crippen molar-refractivity contribution in [2.75, 3.05) is 13.1 Å². The first kappa shape index (κ1) is 12.9. The average molecular weight is 251 g/mol. The summed E-state index contributed by atoms with van der Waals surface area (Å²) in [5.74, 6) is 0. The first-order valence-electron chi connectivity index (χ1n) is 6.34. The number of amides is 1. The monoisotopic (exact) mass is 251 g/mol. The van der Waals surface area contributed by atoms with E-state index in [-0.39, 0.29) is 12.1 Å². The number of rotatable bonds is 1. The van der Waals surface area contributed by atoms with Crippen LogP contribution in [0, 0.1) is 6.92 Å². The quantitative estimate of drug-likeness (QED) is 0.770. The Kier molecular flexibility index (Phi) is 3.32. The smallest absolute Gasteiger partial charge is 0.410 e. The average Bonchev–Trinajstić information content (AvgIpc) is 2.82.